The van der Waals surface area contributed by atoms with E-state index >= 15 is 0 Å². The number of phenolic OH excluding ortho intramolecular Hbond substituents is 1. The number of ketones is 1. The maximum atomic E-state index is 13.0. The summed E-state index contributed by atoms with van der Waals surface area (Å²) in [5.41, 5.74) is 2.10. The zero-order valence-corrected chi connectivity index (χ0v) is 15.5. The van der Waals surface area contributed by atoms with Gasteiger partial charge in [0.15, 0.2) is 17.3 Å². The molecule has 0 radical (unpaired) electrons. The highest BCUT2D eigenvalue weighted by Crippen LogP contribution is 2.45. The molecule has 2 aromatic rings. The van der Waals surface area contributed by atoms with Crippen LogP contribution in [0.3, 0.4) is 0 Å². The molecular weight excluding hydrogens is 348 g/mol. The number of nitrogens with one attached hydrogen (secondary N) is 2. The van der Waals surface area contributed by atoms with Gasteiger partial charge in [0.2, 0.25) is 11.6 Å². The number of allylic oxidation sites excluding steroid dienone is 1. The van der Waals surface area contributed by atoms with Crippen molar-refractivity contribution in [2.45, 2.75) is 39.7 Å². The summed E-state index contributed by atoms with van der Waals surface area (Å²) in [5, 5.41) is 24.3. The van der Waals surface area contributed by atoms with E-state index in [-0.39, 0.29) is 16.9 Å². The highest BCUT2D eigenvalue weighted by molar-refractivity contribution is 6.00. The quantitative estimate of drug-likeness (QED) is 0.754. The molecule has 1 aliphatic carbocycles. The molecule has 8 heteroatoms. The minimum atomic E-state index is -0.455. The van der Waals surface area contributed by atoms with E-state index in [0.29, 0.717) is 42.4 Å². The third-order valence-corrected chi connectivity index (χ3v) is 4.86. The van der Waals surface area contributed by atoms with Crippen molar-refractivity contribution in [3.63, 3.8) is 0 Å². The molecule has 1 aromatic carbocycles. The standard InChI is InChI=1S/C19H22N4O4/c1-4-26-14-7-10(5-6-12(14)24)16-15-11(8-19(2,3)9-13(15)25)20-17-18(21-16)23-27-22-17/h5-7,16,24H,4,8-9H2,1-3H3,(H,20,22)(H,21,23)/t16-/m1/s1. The van der Waals surface area contributed by atoms with Gasteiger partial charge < -0.3 is 20.5 Å². The Bertz CT molecular complexity index is 932. The van der Waals surface area contributed by atoms with E-state index in [1.807, 2.05) is 6.92 Å². The lowest BCUT2D eigenvalue weighted by atomic mass is 9.73. The van der Waals surface area contributed by atoms with Crippen LogP contribution in [0.5, 0.6) is 11.5 Å². The Balaban J connectivity index is 1.85. The number of ether oxygens (including phenoxy) is 1. The van der Waals surface area contributed by atoms with E-state index in [1.54, 1.807) is 18.2 Å². The zero-order chi connectivity index (χ0) is 19.2. The summed E-state index contributed by atoms with van der Waals surface area (Å²) in [6.45, 7) is 6.41. The Morgan fingerprint density at radius 2 is 2.07 bits per heavy atom. The first-order valence-electron chi connectivity index (χ1n) is 8.96. The molecule has 0 fully saturated rings. The highest BCUT2D eigenvalue weighted by Gasteiger charge is 2.39. The fraction of sp³-hybridized carbons (Fsp3) is 0.421. The largest absolute Gasteiger partial charge is 0.504 e. The Morgan fingerprint density at radius 1 is 1.30 bits per heavy atom. The molecule has 0 spiro atoms. The fourth-order valence-electron chi connectivity index (χ4n) is 3.73. The number of hydrogen-bond acceptors (Lipinski definition) is 8. The average molecular weight is 370 g/mol. The summed E-state index contributed by atoms with van der Waals surface area (Å²) in [5.74, 6) is 1.39. The van der Waals surface area contributed by atoms with Crippen molar-refractivity contribution in [3.8, 4) is 11.5 Å². The summed E-state index contributed by atoms with van der Waals surface area (Å²) in [6.07, 6.45) is 1.16. The normalized spacial score (nSPS) is 20.9. The Kier molecular flexibility index (Phi) is 4.05. The van der Waals surface area contributed by atoms with Crippen molar-refractivity contribution < 1.29 is 19.3 Å². The molecular formula is C19H22N4O4. The molecule has 2 heterocycles. The number of rotatable bonds is 3. The van der Waals surface area contributed by atoms with E-state index < -0.39 is 6.04 Å². The van der Waals surface area contributed by atoms with Gasteiger partial charge >= 0.3 is 0 Å². The van der Waals surface area contributed by atoms with Gasteiger partial charge in [0.1, 0.15) is 0 Å². The molecule has 3 N–H and O–H groups in total. The van der Waals surface area contributed by atoms with Crippen molar-refractivity contribution in [1.29, 1.82) is 0 Å². The van der Waals surface area contributed by atoms with Crippen molar-refractivity contribution >= 4 is 17.4 Å². The number of carbonyl (C=O) groups is 1. The molecule has 2 aliphatic rings. The van der Waals surface area contributed by atoms with Crippen LogP contribution in [0.25, 0.3) is 0 Å². The number of phenols is 1. The van der Waals surface area contributed by atoms with Gasteiger partial charge in [-0.3, -0.25) is 4.79 Å². The Morgan fingerprint density at radius 3 is 2.85 bits per heavy atom. The van der Waals surface area contributed by atoms with Crippen LogP contribution < -0.4 is 15.4 Å². The van der Waals surface area contributed by atoms with Gasteiger partial charge in [-0.05, 0) is 46.8 Å². The van der Waals surface area contributed by atoms with E-state index in [9.17, 15) is 9.90 Å². The maximum absolute atomic E-state index is 13.0. The number of nitrogens with zero attached hydrogens (tertiary/aromatic N) is 2. The van der Waals surface area contributed by atoms with Crippen LogP contribution in [-0.2, 0) is 4.79 Å². The van der Waals surface area contributed by atoms with Crippen LogP contribution in [-0.4, -0.2) is 27.8 Å². The molecule has 142 valence electrons. The van der Waals surface area contributed by atoms with Crippen molar-refractivity contribution in [3.05, 3.63) is 35.0 Å². The first-order chi connectivity index (χ1) is 12.9. The zero-order valence-electron chi connectivity index (χ0n) is 15.5. The van der Waals surface area contributed by atoms with Crippen molar-refractivity contribution in [2.24, 2.45) is 5.41 Å². The Labute approximate surface area is 156 Å². The van der Waals surface area contributed by atoms with Gasteiger partial charge in [-0.1, -0.05) is 19.9 Å². The minimum Gasteiger partial charge on any atom is -0.504 e. The second-order valence-corrected chi connectivity index (χ2v) is 7.66. The van der Waals surface area contributed by atoms with Gasteiger partial charge in [0.25, 0.3) is 0 Å². The molecule has 8 nitrogen and oxygen atoms in total. The Hall–Kier alpha value is -3.03. The SMILES string of the molecule is CCOc1cc([C@H]2Nc3nonc3NC3=C2C(=O)CC(C)(C)C3)ccc1O. The molecule has 4 rings (SSSR count). The molecule has 0 bridgehead atoms. The third-order valence-electron chi connectivity index (χ3n) is 4.86. The summed E-state index contributed by atoms with van der Waals surface area (Å²) in [6, 6.07) is 4.63. The smallest absolute Gasteiger partial charge is 0.219 e. The summed E-state index contributed by atoms with van der Waals surface area (Å²) in [7, 11) is 0. The number of fused-ring (bicyclic) bond motifs is 1. The van der Waals surface area contributed by atoms with Crippen LogP contribution in [0.4, 0.5) is 11.6 Å². The molecule has 27 heavy (non-hydrogen) atoms. The topological polar surface area (TPSA) is 110 Å². The molecule has 0 saturated heterocycles. The minimum absolute atomic E-state index is 0.0569. The average Bonchev–Trinajstić information content (AvgIpc) is 2.95. The van der Waals surface area contributed by atoms with Crippen LogP contribution >= 0.6 is 0 Å². The van der Waals surface area contributed by atoms with Gasteiger partial charge in [-0.25, -0.2) is 4.63 Å². The first kappa shape index (κ1) is 17.4. The van der Waals surface area contributed by atoms with E-state index in [0.717, 1.165) is 11.3 Å². The molecule has 0 amide bonds. The number of hydrogen-bond donors (Lipinski definition) is 3. The van der Waals surface area contributed by atoms with Crippen molar-refractivity contribution in [1.82, 2.24) is 10.3 Å². The van der Waals surface area contributed by atoms with Gasteiger partial charge in [0.05, 0.1) is 12.6 Å². The molecule has 0 unspecified atom stereocenters. The second-order valence-electron chi connectivity index (χ2n) is 7.66. The van der Waals surface area contributed by atoms with Crippen LogP contribution in [0, 0.1) is 5.41 Å². The number of aromatic hydroxyl groups is 1. The number of carbonyl (C=O) groups excluding carboxylic acids is 1. The monoisotopic (exact) mass is 370 g/mol. The molecule has 0 saturated carbocycles. The lowest BCUT2D eigenvalue weighted by Gasteiger charge is -2.34. The van der Waals surface area contributed by atoms with E-state index in [4.69, 9.17) is 9.37 Å². The first-order valence-corrected chi connectivity index (χ1v) is 8.96. The molecule has 1 atom stereocenters. The fourth-order valence-corrected chi connectivity index (χ4v) is 3.73. The molecule has 1 aliphatic heterocycles. The maximum Gasteiger partial charge on any atom is 0.219 e. The van der Waals surface area contributed by atoms with Crippen LogP contribution in [0.2, 0.25) is 0 Å². The van der Waals surface area contributed by atoms with E-state index in [1.165, 1.54) is 0 Å². The number of anilines is 2. The molecule has 1 aromatic heterocycles. The predicted octanol–water partition coefficient (Wildman–Crippen LogP) is 3.40. The van der Waals surface area contributed by atoms with Gasteiger partial charge in [-0.2, -0.15) is 0 Å². The summed E-state index contributed by atoms with van der Waals surface area (Å²) >= 11 is 0. The van der Waals surface area contributed by atoms with Crippen LogP contribution in [0.15, 0.2) is 34.1 Å². The summed E-state index contributed by atoms with van der Waals surface area (Å²) < 4.78 is 10.4. The second kappa shape index (κ2) is 6.29. The summed E-state index contributed by atoms with van der Waals surface area (Å²) in [4.78, 5) is 13.0. The predicted molar refractivity (Wildman–Crippen MR) is 98.6 cm³/mol. The third kappa shape index (κ3) is 3.11. The lowest BCUT2D eigenvalue weighted by molar-refractivity contribution is -0.118. The van der Waals surface area contributed by atoms with E-state index in [2.05, 4.69) is 34.8 Å². The van der Waals surface area contributed by atoms with Gasteiger partial charge in [0, 0.05) is 17.7 Å². The number of Topliss-reactive ketones (excluding diaryl/α,β-unsaturated/α-hetero) is 1. The van der Waals surface area contributed by atoms with Crippen LogP contribution in [0.1, 0.15) is 45.2 Å². The van der Waals surface area contributed by atoms with Crippen molar-refractivity contribution in [2.75, 3.05) is 17.2 Å². The number of aromatic nitrogens is 2. The lowest BCUT2D eigenvalue weighted by Crippen LogP contribution is -2.31. The number of benzene rings is 1. The van der Waals surface area contributed by atoms with Gasteiger partial charge in [-0.15, -0.1) is 0 Å². The highest BCUT2D eigenvalue weighted by atomic mass is 16.6.